The molecule has 1 aromatic carbocycles. The van der Waals surface area contributed by atoms with E-state index in [9.17, 15) is 9.90 Å². The minimum atomic E-state index is -0.904. The molecule has 2 rings (SSSR count). The Morgan fingerprint density at radius 3 is 2.42 bits per heavy atom. The van der Waals surface area contributed by atoms with Crippen LogP contribution in [0.15, 0.2) is 30.3 Å². The summed E-state index contributed by atoms with van der Waals surface area (Å²) in [5, 5.41) is 10.6. The summed E-state index contributed by atoms with van der Waals surface area (Å²) < 4.78 is 4.74. The Bertz CT molecular complexity index is 419. The summed E-state index contributed by atoms with van der Waals surface area (Å²) in [6.45, 7) is 1.76. The quantitative estimate of drug-likeness (QED) is 0.852. The van der Waals surface area contributed by atoms with E-state index < -0.39 is 11.5 Å². The molecule has 104 valence electrons. The molecule has 0 aliphatic heterocycles. The molecule has 1 aliphatic rings. The van der Waals surface area contributed by atoms with E-state index in [-0.39, 0.29) is 5.97 Å². The van der Waals surface area contributed by atoms with Gasteiger partial charge in [0.05, 0.1) is 18.6 Å². The lowest BCUT2D eigenvalue weighted by Gasteiger charge is -2.39. The monoisotopic (exact) mass is 262 g/mol. The van der Waals surface area contributed by atoms with Crippen LogP contribution in [-0.4, -0.2) is 23.8 Å². The van der Waals surface area contributed by atoms with Gasteiger partial charge in [-0.1, -0.05) is 30.3 Å². The van der Waals surface area contributed by atoms with Crippen LogP contribution in [0, 0.1) is 5.92 Å². The zero-order valence-electron chi connectivity index (χ0n) is 11.6. The molecule has 19 heavy (non-hydrogen) atoms. The van der Waals surface area contributed by atoms with Crippen molar-refractivity contribution < 1.29 is 14.6 Å². The largest absolute Gasteiger partial charge is 0.469 e. The Hall–Kier alpha value is -1.35. The van der Waals surface area contributed by atoms with E-state index in [1.165, 1.54) is 12.7 Å². The predicted molar refractivity (Wildman–Crippen MR) is 73.8 cm³/mol. The summed E-state index contributed by atoms with van der Waals surface area (Å²) in [5.41, 5.74) is 0.425. The summed E-state index contributed by atoms with van der Waals surface area (Å²) in [7, 11) is 1.37. The molecule has 0 saturated heterocycles. The molecule has 3 heteroatoms. The maximum Gasteiger partial charge on any atom is 0.311 e. The van der Waals surface area contributed by atoms with Crippen molar-refractivity contribution in [3.8, 4) is 0 Å². The van der Waals surface area contributed by atoms with Gasteiger partial charge < -0.3 is 9.84 Å². The zero-order valence-corrected chi connectivity index (χ0v) is 11.6. The van der Waals surface area contributed by atoms with Crippen LogP contribution in [0.2, 0.25) is 0 Å². The molecule has 1 atom stereocenters. The fourth-order valence-electron chi connectivity index (χ4n) is 3.01. The topological polar surface area (TPSA) is 46.5 Å². The molecule has 0 radical (unpaired) electrons. The predicted octanol–water partition coefficient (Wildman–Crippen LogP) is 2.88. The van der Waals surface area contributed by atoms with Gasteiger partial charge in [0, 0.05) is 0 Å². The molecule has 0 amide bonds. The number of hydrogen-bond acceptors (Lipinski definition) is 3. The third-order valence-electron chi connectivity index (χ3n) is 4.48. The van der Waals surface area contributed by atoms with E-state index in [1.807, 2.05) is 18.2 Å². The number of rotatable bonds is 3. The lowest BCUT2D eigenvalue weighted by Crippen LogP contribution is -2.44. The Balaban J connectivity index is 2.00. The molecule has 0 spiro atoms. The van der Waals surface area contributed by atoms with E-state index in [0.29, 0.717) is 18.8 Å². The summed E-state index contributed by atoms with van der Waals surface area (Å²) >= 11 is 0. The molecule has 1 aromatic rings. The first kappa shape index (κ1) is 14.1. The van der Waals surface area contributed by atoms with Crippen LogP contribution in [0.1, 0.15) is 44.1 Å². The lowest BCUT2D eigenvalue weighted by molar-refractivity contribution is -0.157. The second-order valence-electron chi connectivity index (χ2n) is 5.53. The van der Waals surface area contributed by atoms with Crippen molar-refractivity contribution in [1.29, 1.82) is 0 Å². The molecule has 1 saturated carbocycles. The first-order valence-electron chi connectivity index (χ1n) is 6.92. The standard InChI is InChI=1S/C16H22O3/c1-12(15(17)19-2)16(18)10-8-14(9-11-16)13-6-4-3-5-7-13/h3-7,12,14,18H,8-11H2,1-2H3. The fourth-order valence-corrected chi connectivity index (χ4v) is 3.01. The van der Waals surface area contributed by atoms with Crippen molar-refractivity contribution in [2.75, 3.05) is 7.11 Å². The van der Waals surface area contributed by atoms with Gasteiger partial charge in [-0.05, 0) is 44.1 Å². The average Bonchev–Trinajstić information content (AvgIpc) is 2.47. The van der Waals surface area contributed by atoms with E-state index in [2.05, 4.69) is 12.1 Å². The van der Waals surface area contributed by atoms with Crippen molar-refractivity contribution in [3.63, 3.8) is 0 Å². The molecule has 1 aliphatic carbocycles. The van der Waals surface area contributed by atoms with Crippen LogP contribution in [0.3, 0.4) is 0 Å². The normalized spacial score (nSPS) is 28.7. The lowest BCUT2D eigenvalue weighted by atomic mass is 9.71. The highest BCUT2D eigenvalue weighted by Gasteiger charge is 2.42. The Labute approximate surface area is 114 Å². The van der Waals surface area contributed by atoms with E-state index in [4.69, 9.17) is 4.74 Å². The number of carbonyl (C=O) groups is 1. The number of methoxy groups -OCH3 is 1. The number of aliphatic hydroxyl groups is 1. The molecular weight excluding hydrogens is 240 g/mol. The minimum Gasteiger partial charge on any atom is -0.469 e. The first-order valence-corrected chi connectivity index (χ1v) is 6.92. The van der Waals surface area contributed by atoms with Gasteiger partial charge in [-0.2, -0.15) is 0 Å². The average molecular weight is 262 g/mol. The smallest absolute Gasteiger partial charge is 0.311 e. The van der Waals surface area contributed by atoms with Crippen molar-refractivity contribution >= 4 is 5.97 Å². The number of carbonyl (C=O) groups excluding carboxylic acids is 1. The molecule has 1 fully saturated rings. The van der Waals surface area contributed by atoms with Gasteiger partial charge >= 0.3 is 5.97 Å². The van der Waals surface area contributed by atoms with Crippen LogP contribution in [0.4, 0.5) is 0 Å². The van der Waals surface area contributed by atoms with Crippen molar-refractivity contribution in [1.82, 2.24) is 0 Å². The minimum absolute atomic E-state index is 0.319. The van der Waals surface area contributed by atoms with Crippen LogP contribution < -0.4 is 0 Å². The number of hydrogen-bond donors (Lipinski definition) is 1. The highest BCUT2D eigenvalue weighted by atomic mass is 16.5. The molecular formula is C16H22O3. The first-order chi connectivity index (χ1) is 9.07. The number of benzene rings is 1. The highest BCUT2D eigenvalue weighted by molar-refractivity contribution is 5.73. The zero-order chi connectivity index (χ0) is 13.9. The van der Waals surface area contributed by atoms with E-state index in [0.717, 1.165) is 12.8 Å². The van der Waals surface area contributed by atoms with Crippen molar-refractivity contribution in [2.45, 2.75) is 44.1 Å². The summed E-state index contributed by atoms with van der Waals surface area (Å²) in [5.74, 6) is -0.277. The molecule has 1 N–H and O–H groups in total. The van der Waals surface area contributed by atoms with Crippen LogP contribution in [0.5, 0.6) is 0 Å². The van der Waals surface area contributed by atoms with Gasteiger partial charge in [0.25, 0.3) is 0 Å². The summed E-state index contributed by atoms with van der Waals surface area (Å²) in [4.78, 5) is 11.6. The SMILES string of the molecule is COC(=O)C(C)C1(O)CCC(c2ccccc2)CC1. The second-order valence-corrected chi connectivity index (χ2v) is 5.53. The van der Waals surface area contributed by atoms with Crippen LogP contribution in [-0.2, 0) is 9.53 Å². The molecule has 0 bridgehead atoms. The Morgan fingerprint density at radius 2 is 1.89 bits per heavy atom. The van der Waals surface area contributed by atoms with Crippen molar-refractivity contribution in [3.05, 3.63) is 35.9 Å². The molecule has 0 aromatic heterocycles. The van der Waals surface area contributed by atoms with E-state index >= 15 is 0 Å². The Morgan fingerprint density at radius 1 is 1.32 bits per heavy atom. The van der Waals surface area contributed by atoms with Gasteiger partial charge in [-0.15, -0.1) is 0 Å². The second kappa shape index (κ2) is 5.74. The van der Waals surface area contributed by atoms with Gasteiger partial charge in [0.1, 0.15) is 0 Å². The third-order valence-corrected chi connectivity index (χ3v) is 4.48. The summed E-state index contributed by atoms with van der Waals surface area (Å²) in [6.07, 6.45) is 3.15. The van der Waals surface area contributed by atoms with Gasteiger partial charge in [0.15, 0.2) is 0 Å². The Kier molecular flexibility index (Phi) is 4.25. The molecule has 1 unspecified atom stereocenters. The fraction of sp³-hybridized carbons (Fsp3) is 0.562. The number of ether oxygens (including phenoxy) is 1. The van der Waals surface area contributed by atoms with Crippen LogP contribution >= 0.6 is 0 Å². The number of esters is 1. The van der Waals surface area contributed by atoms with Gasteiger partial charge in [-0.25, -0.2) is 0 Å². The third kappa shape index (κ3) is 2.98. The van der Waals surface area contributed by atoms with Gasteiger partial charge in [0.2, 0.25) is 0 Å². The molecule has 0 heterocycles. The van der Waals surface area contributed by atoms with Gasteiger partial charge in [-0.3, -0.25) is 4.79 Å². The maximum absolute atomic E-state index is 11.6. The van der Waals surface area contributed by atoms with Crippen LogP contribution in [0.25, 0.3) is 0 Å². The molecule has 3 nitrogen and oxygen atoms in total. The maximum atomic E-state index is 11.6. The van der Waals surface area contributed by atoms with E-state index in [1.54, 1.807) is 6.92 Å². The highest BCUT2D eigenvalue weighted by Crippen LogP contribution is 2.41. The van der Waals surface area contributed by atoms with Crippen molar-refractivity contribution in [2.24, 2.45) is 5.92 Å². The summed E-state index contributed by atoms with van der Waals surface area (Å²) in [6, 6.07) is 10.4.